The van der Waals surface area contributed by atoms with Crippen LogP contribution in [0.25, 0.3) is 11.3 Å². The number of halogens is 1. The second-order valence-electron chi connectivity index (χ2n) is 7.26. The smallest absolute Gasteiger partial charge is 0.321 e. The normalized spacial score (nSPS) is 13.6. The third-order valence-corrected chi connectivity index (χ3v) is 5.57. The quantitative estimate of drug-likeness (QED) is 0.624. The molecule has 1 N–H and O–H groups in total. The number of ether oxygens (including phenoxy) is 2. The number of piperazine rings is 1. The summed E-state index contributed by atoms with van der Waals surface area (Å²) in [5, 5.41) is 12.3. The summed E-state index contributed by atoms with van der Waals surface area (Å²) in [5.41, 5.74) is 2.36. The van der Waals surface area contributed by atoms with E-state index in [1.54, 1.807) is 43.4 Å². The van der Waals surface area contributed by atoms with Crippen LogP contribution in [0.5, 0.6) is 11.5 Å². The molecule has 8 nitrogen and oxygen atoms in total. The molecule has 166 valence electrons. The first-order chi connectivity index (χ1) is 15.6. The van der Waals surface area contributed by atoms with Crippen molar-refractivity contribution < 1.29 is 14.3 Å². The van der Waals surface area contributed by atoms with Crippen LogP contribution in [-0.2, 0) is 0 Å². The third-order valence-electron chi connectivity index (χ3n) is 5.32. The van der Waals surface area contributed by atoms with Crippen LogP contribution in [0.2, 0.25) is 5.02 Å². The number of methoxy groups -OCH3 is 2. The summed E-state index contributed by atoms with van der Waals surface area (Å²) in [6.07, 6.45) is 0. The highest BCUT2D eigenvalue weighted by molar-refractivity contribution is 6.30. The molecule has 1 aromatic heterocycles. The average molecular weight is 454 g/mol. The van der Waals surface area contributed by atoms with E-state index in [1.807, 2.05) is 30.3 Å². The molecule has 2 heterocycles. The molecule has 32 heavy (non-hydrogen) atoms. The number of nitrogens with one attached hydrogen (secondary N) is 1. The topological polar surface area (TPSA) is 79.8 Å². The lowest BCUT2D eigenvalue weighted by atomic mass is 10.1. The van der Waals surface area contributed by atoms with Crippen molar-refractivity contribution in [2.45, 2.75) is 0 Å². The van der Waals surface area contributed by atoms with E-state index in [4.69, 9.17) is 21.1 Å². The van der Waals surface area contributed by atoms with Gasteiger partial charge >= 0.3 is 6.03 Å². The molecule has 3 aromatic rings. The van der Waals surface area contributed by atoms with Gasteiger partial charge in [0.1, 0.15) is 0 Å². The van der Waals surface area contributed by atoms with Gasteiger partial charge in [0.15, 0.2) is 17.3 Å². The molecule has 0 saturated carbocycles. The van der Waals surface area contributed by atoms with Crippen LogP contribution in [0.3, 0.4) is 0 Å². The highest BCUT2D eigenvalue weighted by Crippen LogP contribution is 2.31. The standard InChI is InChI=1S/C23H24ClN5O3/c1-31-20-9-3-16(15-21(20)32-2)19-8-10-22(27-26-19)28-11-13-29(14-12-28)23(30)25-18-6-4-17(24)5-7-18/h3-10,15H,11-14H2,1-2H3,(H,25,30). The second kappa shape index (κ2) is 9.74. The Kier molecular flexibility index (Phi) is 6.61. The molecular formula is C23H24ClN5O3. The molecule has 0 spiro atoms. The summed E-state index contributed by atoms with van der Waals surface area (Å²) in [4.78, 5) is 16.4. The van der Waals surface area contributed by atoms with Crippen molar-refractivity contribution in [3.63, 3.8) is 0 Å². The van der Waals surface area contributed by atoms with Gasteiger partial charge in [0.25, 0.3) is 0 Å². The molecule has 0 aliphatic carbocycles. The summed E-state index contributed by atoms with van der Waals surface area (Å²) >= 11 is 5.89. The molecular weight excluding hydrogens is 430 g/mol. The summed E-state index contributed by atoms with van der Waals surface area (Å²) in [7, 11) is 3.21. The van der Waals surface area contributed by atoms with E-state index in [0.717, 1.165) is 22.8 Å². The number of urea groups is 1. The molecule has 1 aliphatic rings. The first kappa shape index (κ1) is 21.7. The monoisotopic (exact) mass is 453 g/mol. The van der Waals surface area contributed by atoms with Crippen LogP contribution in [0.15, 0.2) is 54.6 Å². The van der Waals surface area contributed by atoms with E-state index in [2.05, 4.69) is 20.4 Å². The zero-order valence-electron chi connectivity index (χ0n) is 17.9. The molecule has 1 saturated heterocycles. The number of amides is 2. The van der Waals surface area contributed by atoms with Gasteiger partial charge in [0, 0.05) is 42.5 Å². The number of nitrogens with zero attached hydrogens (tertiary/aromatic N) is 4. The Hall–Kier alpha value is -3.52. The van der Waals surface area contributed by atoms with Gasteiger partial charge in [0.2, 0.25) is 0 Å². The summed E-state index contributed by atoms with van der Waals surface area (Å²) in [6, 6.07) is 16.5. The van der Waals surface area contributed by atoms with E-state index in [1.165, 1.54) is 0 Å². The fourth-order valence-electron chi connectivity index (χ4n) is 3.52. The molecule has 2 aromatic carbocycles. The van der Waals surface area contributed by atoms with Gasteiger partial charge in [0.05, 0.1) is 19.9 Å². The average Bonchev–Trinajstić information content (AvgIpc) is 2.85. The van der Waals surface area contributed by atoms with Crippen molar-refractivity contribution in [3.8, 4) is 22.8 Å². The minimum atomic E-state index is -0.123. The Bertz CT molecular complexity index is 1070. The summed E-state index contributed by atoms with van der Waals surface area (Å²) in [6.45, 7) is 2.55. The number of hydrogen-bond acceptors (Lipinski definition) is 6. The maximum absolute atomic E-state index is 12.5. The SMILES string of the molecule is COc1ccc(-c2ccc(N3CCN(C(=O)Nc4ccc(Cl)cc4)CC3)nn2)cc1OC. The summed E-state index contributed by atoms with van der Waals surface area (Å²) < 4.78 is 10.6. The fraction of sp³-hybridized carbons (Fsp3) is 0.261. The molecule has 9 heteroatoms. The van der Waals surface area contributed by atoms with Crippen LogP contribution < -0.4 is 19.7 Å². The number of rotatable bonds is 5. The van der Waals surface area contributed by atoms with Gasteiger partial charge in [-0.2, -0.15) is 0 Å². The van der Waals surface area contributed by atoms with Crippen molar-refractivity contribution >= 4 is 29.1 Å². The largest absolute Gasteiger partial charge is 0.493 e. The lowest BCUT2D eigenvalue weighted by molar-refractivity contribution is 0.208. The third kappa shape index (κ3) is 4.86. The predicted octanol–water partition coefficient (Wildman–Crippen LogP) is 4.17. The van der Waals surface area contributed by atoms with E-state index >= 15 is 0 Å². The van der Waals surface area contributed by atoms with Gasteiger partial charge in [-0.3, -0.25) is 0 Å². The number of anilines is 2. The minimum absolute atomic E-state index is 0.123. The van der Waals surface area contributed by atoms with Gasteiger partial charge in [-0.1, -0.05) is 11.6 Å². The summed E-state index contributed by atoms with van der Waals surface area (Å²) in [5.74, 6) is 2.09. The Morgan fingerprint density at radius 1 is 0.906 bits per heavy atom. The number of benzene rings is 2. The molecule has 1 fully saturated rings. The maximum Gasteiger partial charge on any atom is 0.321 e. The van der Waals surface area contributed by atoms with Gasteiger partial charge < -0.3 is 24.6 Å². The zero-order chi connectivity index (χ0) is 22.5. The highest BCUT2D eigenvalue weighted by atomic mass is 35.5. The van der Waals surface area contributed by atoms with Crippen LogP contribution in [0.1, 0.15) is 0 Å². The number of carbonyl (C=O) groups excluding carboxylic acids is 1. The van der Waals surface area contributed by atoms with E-state index in [0.29, 0.717) is 42.7 Å². The molecule has 4 rings (SSSR count). The Morgan fingerprint density at radius 2 is 1.62 bits per heavy atom. The zero-order valence-corrected chi connectivity index (χ0v) is 18.7. The molecule has 0 radical (unpaired) electrons. The molecule has 2 amide bonds. The first-order valence-electron chi connectivity index (χ1n) is 10.2. The van der Waals surface area contributed by atoms with Gasteiger partial charge in [-0.15, -0.1) is 10.2 Å². The van der Waals surface area contributed by atoms with Crippen molar-refractivity contribution in [2.75, 3.05) is 50.6 Å². The van der Waals surface area contributed by atoms with Gasteiger partial charge in [-0.05, 0) is 54.6 Å². The maximum atomic E-state index is 12.5. The minimum Gasteiger partial charge on any atom is -0.493 e. The number of carbonyl (C=O) groups is 1. The predicted molar refractivity (Wildman–Crippen MR) is 125 cm³/mol. The van der Waals surface area contributed by atoms with Crippen molar-refractivity contribution in [3.05, 3.63) is 59.6 Å². The number of hydrogen-bond donors (Lipinski definition) is 1. The highest BCUT2D eigenvalue weighted by Gasteiger charge is 2.22. The van der Waals surface area contributed by atoms with Gasteiger partial charge in [-0.25, -0.2) is 4.79 Å². The number of aromatic nitrogens is 2. The Balaban J connectivity index is 1.36. The van der Waals surface area contributed by atoms with Crippen LogP contribution in [-0.4, -0.2) is 61.5 Å². The molecule has 0 atom stereocenters. The van der Waals surface area contributed by atoms with Crippen LogP contribution >= 0.6 is 11.6 Å². The molecule has 0 unspecified atom stereocenters. The lowest BCUT2D eigenvalue weighted by Gasteiger charge is -2.35. The second-order valence-corrected chi connectivity index (χ2v) is 7.69. The van der Waals surface area contributed by atoms with Crippen LogP contribution in [0, 0.1) is 0 Å². The lowest BCUT2D eigenvalue weighted by Crippen LogP contribution is -2.50. The van der Waals surface area contributed by atoms with E-state index in [-0.39, 0.29) is 6.03 Å². The molecule has 0 bridgehead atoms. The van der Waals surface area contributed by atoms with Crippen molar-refractivity contribution in [1.29, 1.82) is 0 Å². The van der Waals surface area contributed by atoms with Crippen molar-refractivity contribution in [1.82, 2.24) is 15.1 Å². The molecule has 1 aliphatic heterocycles. The van der Waals surface area contributed by atoms with Crippen molar-refractivity contribution in [2.24, 2.45) is 0 Å². The Labute approximate surface area is 191 Å². The van der Waals surface area contributed by atoms with Crippen LogP contribution in [0.4, 0.5) is 16.3 Å². The first-order valence-corrected chi connectivity index (χ1v) is 10.6. The fourth-order valence-corrected chi connectivity index (χ4v) is 3.64. The Morgan fingerprint density at radius 3 is 2.25 bits per heavy atom. The van der Waals surface area contributed by atoms with E-state index < -0.39 is 0 Å². The van der Waals surface area contributed by atoms with E-state index in [9.17, 15) is 4.79 Å².